The number of rotatable bonds is 4. The fourth-order valence-corrected chi connectivity index (χ4v) is 4.56. The van der Waals surface area contributed by atoms with Crippen LogP contribution in [0.4, 0.5) is 0 Å². The van der Waals surface area contributed by atoms with Crippen molar-refractivity contribution in [3.05, 3.63) is 52.2 Å². The predicted octanol–water partition coefficient (Wildman–Crippen LogP) is 3.90. The fourth-order valence-electron chi connectivity index (χ4n) is 2.51. The van der Waals surface area contributed by atoms with Crippen LogP contribution in [-0.2, 0) is 6.42 Å². The molecule has 0 saturated carbocycles. The lowest BCUT2D eigenvalue weighted by Crippen LogP contribution is -2.29. The summed E-state index contributed by atoms with van der Waals surface area (Å²) in [6, 6.07) is 11.2. The second-order valence-electron chi connectivity index (χ2n) is 4.79. The molecule has 1 aromatic heterocycles. The molecule has 2 unspecified atom stereocenters. The van der Waals surface area contributed by atoms with E-state index in [1.165, 1.54) is 16.0 Å². The summed E-state index contributed by atoms with van der Waals surface area (Å²) in [6.07, 6.45) is 2.18. The SMILES string of the molecule is NC(CCc1ccsc1)C1CSc2ccccc21. The standard InChI is InChI=1S/C15H17NS2/c16-14(6-5-11-7-8-17-9-11)13-10-18-15-4-2-1-3-12(13)15/h1-4,7-9,13-14H,5-6,10,16H2. The van der Waals surface area contributed by atoms with Gasteiger partial charge in [0.15, 0.2) is 0 Å². The van der Waals surface area contributed by atoms with Crippen molar-refractivity contribution in [3.8, 4) is 0 Å². The van der Waals surface area contributed by atoms with E-state index < -0.39 is 0 Å². The zero-order valence-electron chi connectivity index (χ0n) is 10.2. The summed E-state index contributed by atoms with van der Waals surface area (Å²) in [4.78, 5) is 1.42. The molecular weight excluding hydrogens is 258 g/mol. The number of thioether (sulfide) groups is 1. The second-order valence-corrected chi connectivity index (χ2v) is 6.63. The van der Waals surface area contributed by atoms with Crippen molar-refractivity contribution >= 4 is 23.1 Å². The average Bonchev–Trinajstić information content (AvgIpc) is 3.05. The lowest BCUT2D eigenvalue weighted by molar-refractivity contribution is 0.536. The van der Waals surface area contributed by atoms with Gasteiger partial charge in [0.1, 0.15) is 0 Å². The van der Waals surface area contributed by atoms with Gasteiger partial charge < -0.3 is 5.73 Å². The van der Waals surface area contributed by atoms with Crippen molar-refractivity contribution in [1.82, 2.24) is 0 Å². The molecule has 0 amide bonds. The number of fused-ring (bicyclic) bond motifs is 1. The molecule has 0 bridgehead atoms. The molecule has 0 radical (unpaired) electrons. The smallest absolute Gasteiger partial charge is 0.0119 e. The Morgan fingerprint density at radius 2 is 2.17 bits per heavy atom. The highest BCUT2D eigenvalue weighted by atomic mass is 32.2. The first-order valence-corrected chi connectivity index (χ1v) is 8.26. The molecule has 2 heterocycles. The number of nitrogens with two attached hydrogens (primary N) is 1. The van der Waals surface area contributed by atoms with Crippen LogP contribution in [-0.4, -0.2) is 11.8 Å². The minimum atomic E-state index is 0.279. The summed E-state index contributed by atoms with van der Waals surface area (Å²) in [5, 5.41) is 4.37. The number of hydrogen-bond donors (Lipinski definition) is 1. The highest BCUT2D eigenvalue weighted by Gasteiger charge is 2.27. The van der Waals surface area contributed by atoms with Gasteiger partial charge in [-0.1, -0.05) is 18.2 Å². The largest absolute Gasteiger partial charge is 0.327 e. The van der Waals surface area contributed by atoms with E-state index in [9.17, 15) is 0 Å². The van der Waals surface area contributed by atoms with Crippen molar-refractivity contribution < 1.29 is 0 Å². The van der Waals surface area contributed by atoms with Crippen LogP contribution in [0.25, 0.3) is 0 Å². The molecule has 2 N–H and O–H groups in total. The average molecular weight is 275 g/mol. The molecule has 1 aliphatic rings. The van der Waals surface area contributed by atoms with E-state index in [0.717, 1.165) is 18.6 Å². The van der Waals surface area contributed by atoms with Crippen LogP contribution in [0.2, 0.25) is 0 Å². The Balaban J connectivity index is 1.65. The van der Waals surface area contributed by atoms with Gasteiger partial charge in [0.2, 0.25) is 0 Å². The Hall–Kier alpha value is -0.770. The van der Waals surface area contributed by atoms with E-state index >= 15 is 0 Å². The van der Waals surface area contributed by atoms with E-state index in [2.05, 4.69) is 41.1 Å². The molecule has 0 spiro atoms. The zero-order chi connectivity index (χ0) is 12.4. The van der Waals surface area contributed by atoms with Gasteiger partial charge in [-0.3, -0.25) is 0 Å². The summed E-state index contributed by atoms with van der Waals surface area (Å²) in [6.45, 7) is 0. The van der Waals surface area contributed by atoms with E-state index in [1.54, 1.807) is 11.3 Å². The quantitative estimate of drug-likeness (QED) is 0.916. The highest BCUT2D eigenvalue weighted by Crippen LogP contribution is 2.41. The maximum atomic E-state index is 6.40. The minimum absolute atomic E-state index is 0.279. The number of hydrogen-bond acceptors (Lipinski definition) is 3. The minimum Gasteiger partial charge on any atom is -0.327 e. The van der Waals surface area contributed by atoms with Crippen LogP contribution in [0.5, 0.6) is 0 Å². The van der Waals surface area contributed by atoms with Crippen molar-refractivity contribution in [1.29, 1.82) is 0 Å². The Bertz CT molecular complexity index is 507. The normalized spacial score (nSPS) is 19.7. The molecule has 0 saturated heterocycles. The van der Waals surface area contributed by atoms with Crippen LogP contribution < -0.4 is 5.73 Å². The molecule has 2 aromatic rings. The molecule has 94 valence electrons. The van der Waals surface area contributed by atoms with Crippen LogP contribution in [0.3, 0.4) is 0 Å². The first kappa shape index (κ1) is 12.3. The van der Waals surface area contributed by atoms with Gasteiger partial charge in [-0.2, -0.15) is 11.3 Å². The third-order valence-corrected chi connectivity index (χ3v) is 5.54. The van der Waals surface area contributed by atoms with E-state index in [4.69, 9.17) is 5.73 Å². The monoisotopic (exact) mass is 275 g/mol. The van der Waals surface area contributed by atoms with Gasteiger partial charge in [-0.05, 0) is 46.9 Å². The second kappa shape index (κ2) is 5.47. The van der Waals surface area contributed by atoms with Gasteiger partial charge in [0, 0.05) is 22.6 Å². The number of benzene rings is 1. The van der Waals surface area contributed by atoms with E-state index in [-0.39, 0.29) is 6.04 Å². The third kappa shape index (κ3) is 2.48. The summed E-state index contributed by atoms with van der Waals surface area (Å²) in [7, 11) is 0. The van der Waals surface area contributed by atoms with Crippen molar-refractivity contribution in [2.75, 3.05) is 5.75 Å². The Morgan fingerprint density at radius 3 is 3.00 bits per heavy atom. The molecular formula is C15H17NS2. The molecule has 1 aromatic carbocycles. The summed E-state index contributed by atoms with van der Waals surface area (Å²) in [5.74, 6) is 1.68. The van der Waals surface area contributed by atoms with Gasteiger partial charge in [0.05, 0.1) is 0 Å². The lowest BCUT2D eigenvalue weighted by atomic mass is 9.90. The molecule has 3 rings (SSSR count). The first-order chi connectivity index (χ1) is 8.84. The van der Waals surface area contributed by atoms with Gasteiger partial charge in [-0.15, -0.1) is 11.8 Å². The molecule has 1 nitrogen and oxygen atoms in total. The first-order valence-electron chi connectivity index (χ1n) is 6.33. The van der Waals surface area contributed by atoms with Crippen LogP contribution >= 0.6 is 23.1 Å². The fraction of sp³-hybridized carbons (Fsp3) is 0.333. The van der Waals surface area contributed by atoms with Gasteiger partial charge in [-0.25, -0.2) is 0 Å². The molecule has 18 heavy (non-hydrogen) atoms. The Labute approximate surface area is 116 Å². The van der Waals surface area contributed by atoms with Gasteiger partial charge in [0.25, 0.3) is 0 Å². The van der Waals surface area contributed by atoms with Crippen LogP contribution in [0.1, 0.15) is 23.5 Å². The molecule has 3 heteroatoms. The lowest BCUT2D eigenvalue weighted by Gasteiger charge is -2.19. The zero-order valence-corrected chi connectivity index (χ0v) is 11.8. The number of thiophene rings is 1. The molecule has 1 aliphatic heterocycles. The molecule has 2 atom stereocenters. The number of aryl methyl sites for hydroxylation is 1. The maximum Gasteiger partial charge on any atom is 0.0119 e. The van der Waals surface area contributed by atoms with Crippen molar-refractivity contribution in [3.63, 3.8) is 0 Å². The van der Waals surface area contributed by atoms with E-state index in [0.29, 0.717) is 5.92 Å². The Morgan fingerprint density at radius 1 is 1.28 bits per heavy atom. The summed E-state index contributed by atoms with van der Waals surface area (Å²) >= 11 is 3.72. The summed E-state index contributed by atoms with van der Waals surface area (Å²) < 4.78 is 0. The van der Waals surface area contributed by atoms with E-state index in [1.807, 2.05) is 11.8 Å². The third-order valence-electron chi connectivity index (χ3n) is 3.60. The van der Waals surface area contributed by atoms with Crippen molar-refractivity contribution in [2.45, 2.75) is 29.7 Å². The molecule has 0 aliphatic carbocycles. The predicted molar refractivity (Wildman–Crippen MR) is 80.5 cm³/mol. The van der Waals surface area contributed by atoms with Gasteiger partial charge >= 0.3 is 0 Å². The van der Waals surface area contributed by atoms with Crippen molar-refractivity contribution in [2.24, 2.45) is 5.73 Å². The maximum absolute atomic E-state index is 6.40. The topological polar surface area (TPSA) is 26.0 Å². The van der Waals surface area contributed by atoms with Crippen LogP contribution in [0, 0.1) is 0 Å². The summed E-state index contributed by atoms with van der Waals surface area (Å²) in [5.41, 5.74) is 9.28. The Kier molecular flexibility index (Phi) is 3.73. The molecule has 0 fully saturated rings. The van der Waals surface area contributed by atoms with Crippen LogP contribution in [0.15, 0.2) is 46.0 Å². The highest BCUT2D eigenvalue weighted by molar-refractivity contribution is 7.99.